The number of benzene rings is 2. The minimum Gasteiger partial charge on any atom is -0.497 e. The number of hydrogen-bond acceptors (Lipinski definition) is 7. The van der Waals surface area contributed by atoms with Crippen molar-refractivity contribution >= 4 is 46.1 Å². The molecule has 2 aromatic carbocycles. The molecule has 0 saturated carbocycles. The first-order chi connectivity index (χ1) is 14.6. The van der Waals surface area contributed by atoms with Crippen molar-refractivity contribution in [1.82, 2.24) is 15.5 Å². The van der Waals surface area contributed by atoms with Gasteiger partial charge in [-0.05, 0) is 29.3 Å². The number of carbonyl (C=O) groups excluding carboxylic acids is 2. The van der Waals surface area contributed by atoms with Crippen molar-refractivity contribution in [2.75, 3.05) is 18.2 Å². The van der Waals surface area contributed by atoms with Crippen LogP contribution < -0.4 is 15.4 Å². The quantitative estimate of drug-likeness (QED) is 0.300. The van der Waals surface area contributed by atoms with Crippen LogP contribution in [0.3, 0.4) is 0 Å². The first-order valence-electron chi connectivity index (χ1n) is 9.02. The monoisotopic (exact) mass is 440 g/mol. The van der Waals surface area contributed by atoms with Crippen molar-refractivity contribution in [3.63, 3.8) is 0 Å². The second-order valence-corrected chi connectivity index (χ2v) is 8.22. The maximum atomic E-state index is 12.0. The van der Waals surface area contributed by atoms with Crippen LogP contribution in [0.2, 0.25) is 0 Å². The molecule has 0 saturated heterocycles. The molecule has 0 atom stereocenters. The number of rotatable bonds is 9. The van der Waals surface area contributed by atoms with Crippen LogP contribution in [0.25, 0.3) is 6.08 Å². The highest BCUT2D eigenvalue weighted by Crippen LogP contribution is 2.25. The first-order valence-corrected chi connectivity index (χ1v) is 10.8. The van der Waals surface area contributed by atoms with E-state index >= 15 is 0 Å². The smallest absolute Gasteiger partial charge is 0.250 e. The van der Waals surface area contributed by atoms with Crippen molar-refractivity contribution in [1.29, 1.82) is 0 Å². The molecule has 1 aromatic heterocycles. The molecule has 3 rings (SSSR count). The van der Waals surface area contributed by atoms with Gasteiger partial charge in [0, 0.05) is 12.6 Å². The van der Waals surface area contributed by atoms with E-state index < -0.39 is 0 Å². The molecule has 30 heavy (non-hydrogen) atoms. The summed E-state index contributed by atoms with van der Waals surface area (Å²) in [6, 6.07) is 17.0. The summed E-state index contributed by atoms with van der Waals surface area (Å²) in [4.78, 5) is 24.0. The molecular weight excluding hydrogens is 420 g/mol. The first kappa shape index (κ1) is 21.5. The fourth-order valence-corrected chi connectivity index (χ4v) is 3.91. The Kier molecular flexibility index (Phi) is 7.99. The third kappa shape index (κ3) is 7.02. The van der Waals surface area contributed by atoms with Crippen LogP contribution in [0.1, 0.15) is 11.1 Å². The zero-order valence-corrected chi connectivity index (χ0v) is 17.8. The van der Waals surface area contributed by atoms with Crippen molar-refractivity contribution in [3.8, 4) is 5.75 Å². The summed E-state index contributed by atoms with van der Waals surface area (Å²) < 4.78 is 5.72. The van der Waals surface area contributed by atoms with Crippen LogP contribution in [0, 0.1) is 0 Å². The second-order valence-electron chi connectivity index (χ2n) is 6.02. The van der Waals surface area contributed by atoms with E-state index in [9.17, 15) is 9.59 Å². The lowest BCUT2D eigenvalue weighted by Gasteiger charge is -2.05. The van der Waals surface area contributed by atoms with Gasteiger partial charge < -0.3 is 10.1 Å². The van der Waals surface area contributed by atoms with Crippen molar-refractivity contribution in [3.05, 3.63) is 71.8 Å². The van der Waals surface area contributed by atoms with Gasteiger partial charge in [0.2, 0.25) is 16.9 Å². The van der Waals surface area contributed by atoms with Crippen LogP contribution in [0.4, 0.5) is 5.13 Å². The summed E-state index contributed by atoms with van der Waals surface area (Å²) in [5.74, 6) is 0.591. The molecule has 9 heteroatoms. The zero-order chi connectivity index (χ0) is 21.2. The van der Waals surface area contributed by atoms with Crippen molar-refractivity contribution < 1.29 is 14.3 Å². The topological polar surface area (TPSA) is 93.2 Å². The number of thioether (sulfide) groups is 1. The van der Waals surface area contributed by atoms with Gasteiger partial charge in [-0.3, -0.25) is 14.9 Å². The molecule has 0 spiro atoms. The molecule has 2 amide bonds. The molecule has 0 aliphatic rings. The molecule has 0 radical (unpaired) electrons. The van der Waals surface area contributed by atoms with Gasteiger partial charge >= 0.3 is 0 Å². The van der Waals surface area contributed by atoms with Gasteiger partial charge in [-0.15, -0.1) is 10.2 Å². The predicted octanol–water partition coefficient (Wildman–Crippen LogP) is 3.61. The molecule has 154 valence electrons. The number of anilines is 1. The average molecular weight is 441 g/mol. The van der Waals surface area contributed by atoms with Gasteiger partial charge in [0.1, 0.15) is 5.75 Å². The minimum atomic E-state index is -0.288. The molecule has 2 N–H and O–H groups in total. The molecular formula is C21H20N4O3S2. The largest absolute Gasteiger partial charge is 0.497 e. The molecule has 0 unspecified atom stereocenters. The van der Waals surface area contributed by atoms with Gasteiger partial charge in [0.15, 0.2) is 4.34 Å². The van der Waals surface area contributed by atoms with Crippen LogP contribution >= 0.6 is 23.1 Å². The SMILES string of the molecule is COc1ccc(CNC(=O)CSc2nnc(NC(=O)C=Cc3ccccc3)s2)cc1. The molecule has 0 aliphatic heterocycles. The number of carbonyl (C=O) groups is 2. The van der Waals surface area contributed by atoms with E-state index in [0.29, 0.717) is 16.0 Å². The second kappa shape index (κ2) is 11.1. The Morgan fingerprint density at radius 1 is 1.10 bits per heavy atom. The van der Waals surface area contributed by atoms with Gasteiger partial charge in [-0.2, -0.15) is 0 Å². The van der Waals surface area contributed by atoms with Gasteiger partial charge in [0.25, 0.3) is 0 Å². The fraction of sp³-hybridized carbons (Fsp3) is 0.143. The predicted molar refractivity (Wildman–Crippen MR) is 120 cm³/mol. The van der Waals surface area contributed by atoms with Gasteiger partial charge in [0.05, 0.1) is 12.9 Å². The Balaban J connectivity index is 1.40. The van der Waals surface area contributed by atoms with Gasteiger partial charge in [-0.25, -0.2) is 0 Å². The zero-order valence-electron chi connectivity index (χ0n) is 16.2. The average Bonchev–Trinajstić information content (AvgIpc) is 3.23. The van der Waals surface area contributed by atoms with E-state index in [2.05, 4.69) is 20.8 Å². The lowest BCUT2D eigenvalue weighted by molar-refractivity contribution is -0.118. The van der Waals surface area contributed by atoms with Crippen LogP contribution in [0.5, 0.6) is 5.75 Å². The highest BCUT2D eigenvalue weighted by atomic mass is 32.2. The summed E-state index contributed by atoms with van der Waals surface area (Å²) in [7, 11) is 1.61. The van der Waals surface area contributed by atoms with Crippen LogP contribution in [-0.2, 0) is 16.1 Å². The number of amides is 2. The Bertz CT molecular complexity index is 1000. The highest BCUT2D eigenvalue weighted by molar-refractivity contribution is 8.01. The van der Waals surface area contributed by atoms with E-state index in [-0.39, 0.29) is 17.6 Å². The molecule has 0 aliphatic carbocycles. The fourth-order valence-electron chi connectivity index (χ4n) is 2.32. The summed E-state index contributed by atoms with van der Waals surface area (Å²) in [6.45, 7) is 0.439. The standard InChI is InChI=1S/C21H20N4O3S2/c1-28-17-10-7-16(8-11-17)13-22-19(27)14-29-21-25-24-20(30-21)23-18(26)12-9-15-5-3-2-4-6-15/h2-12H,13-14H2,1H3,(H,22,27)(H,23,24,26). The molecule has 7 nitrogen and oxygen atoms in total. The number of methoxy groups -OCH3 is 1. The van der Waals surface area contributed by atoms with E-state index in [1.165, 1.54) is 29.2 Å². The summed E-state index contributed by atoms with van der Waals surface area (Å²) in [5.41, 5.74) is 1.92. The van der Waals surface area contributed by atoms with E-state index in [1.807, 2.05) is 54.6 Å². The van der Waals surface area contributed by atoms with E-state index in [4.69, 9.17) is 4.74 Å². The molecule has 0 fully saturated rings. The van der Waals surface area contributed by atoms with E-state index in [0.717, 1.165) is 16.9 Å². The number of aromatic nitrogens is 2. The van der Waals surface area contributed by atoms with E-state index in [1.54, 1.807) is 13.2 Å². The summed E-state index contributed by atoms with van der Waals surface area (Å²) >= 11 is 2.50. The summed E-state index contributed by atoms with van der Waals surface area (Å²) in [5, 5.41) is 13.8. The summed E-state index contributed by atoms with van der Waals surface area (Å²) in [6.07, 6.45) is 3.16. The normalized spacial score (nSPS) is 10.7. The Labute approximate surface area is 182 Å². The number of ether oxygens (including phenoxy) is 1. The Morgan fingerprint density at radius 2 is 1.87 bits per heavy atom. The lowest BCUT2D eigenvalue weighted by atomic mass is 10.2. The lowest BCUT2D eigenvalue weighted by Crippen LogP contribution is -2.24. The Morgan fingerprint density at radius 3 is 2.60 bits per heavy atom. The highest BCUT2D eigenvalue weighted by Gasteiger charge is 2.09. The van der Waals surface area contributed by atoms with Crippen LogP contribution in [0.15, 0.2) is 65.0 Å². The Hall–Kier alpha value is -3.17. The number of nitrogens with zero attached hydrogens (tertiary/aromatic N) is 2. The van der Waals surface area contributed by atoms with Crippen molar-refractivity contribution in [2.24, 2.45) is 0 Å². The molecule has 1 heterocycles. The maximum absolute atomic E-state index is 12.0. The van der Waals surface area contributed by atoms with Crippen molar-refractivity contribution in [2.45, 2.75) is 10.9 Å². The van der Waals surface area contributed by atoms with Crippen LogP contribution in [-0.4, -0.2) is 34.9 Å². The third-order valence-corrected chi connectivity index (χ3v) is 5.81. The molecule has 0 bridgehead atoms. The maximum Gasteiger partial charge on any atom is 0.250 e. The molecule has 3 aromatic rings. The number of nitrogens with one attached hydrogen (secondary N) is 2. The number of hydrogen-bond donors (Lipinski definition) is 2. The minimum absolute atomic E-state index is 0.109. The van der Waals surface area contributed by atoms with Gasteiger partial charge in [-0.1, -0.05) is 65.6 Å². The third-order valence-electron chi connectivity index (χ3n) is 3.84.